The van der Waals surface area contributed by atoms with E-state index in [0.717, 1.165) is 250 Å². The third-order valence-corrected chi connectivity index (χ3v) is 31.0. The molecule has 2 aromatic carbocycles. The molecule has 0 saturated carbocycles. The van der Waals surface area contributed by atoms with Crippen LogP contribution in [0.4, 0.5) is 17.6 Å². The zero-order valence-corrected chi connectivity index (χ0v) is 63.1. The lowest BCUT2D eigenvalue weighted by molar-refractivity contribution is 0.444. The van der Waals surface area contributed by atoms with E-state index in [-0.39, 0.29) is 23.3 Å². The third-order valence-electron chi connectivity index (χ3n) is 19.2. The van der Waals surface area contributed by atoms with Crippen LogP contribution in [0.1, 0.15) is 187 Å². The van der Waals surface area contributed by atoms with Gasteiger partial charge in [-0.05, 0) is 136 Å². The fraction of sp³-hybridized carbons (Fsp3) is 0.436. The van der Waals surface area contributed by atoms with Crippen LogP contribution < -0.4 is 0 Å². The molecule has 0 aliphatic rings. The average molecular weight is 1420 g/mol. The Bertz CT molecular complexity index is 4250. The maximum atomic E-state index is 16.8. The molecule has 10 heterocycles. The van der Waals surface area contributed by atoms with Crippen LogP contribution in [0.15, 0.2) is 72.8 Å². The average Bonchev–Trinajstić information content (AvgIpc) is 1.56. The molecule has 0 radical (unpaired) electrons. The van der Waals surface area contributed by atoms with E-state index in [1.54, 1.807) is 126 Å². The number of rotatable bonds is 31. The van der Waals surface area contributed by atoms with Crippen LogP contribution in [0.2, 0.25) is 0 Å². The summed E-state index contributed by atoms with van der Waals surface area (Å²) in [4.78, 5) is 16.4. The number of fused-ring (bicyclic) bond motifs is 4. The second-order valence-corrected chi connectivity index (χ2v) is 37.1. The molecule has 14 heteroatoms. The highest BCUT2D eigenvalue weighted by Gasteiger charge is 2.30. The van der Waals surface area contributed by atoms with E-state index >= 15 is 17.6 Å². The molecule has 10 aromatic heterocycles. The number of hydrogen-bond acceptors (Lipinski definition) is 10. The van der Waals surface area contributed by atoms with Gasteiger partial charge < -0.3 is 0 Å². The Labute approximate surface area is 583 Å². The van der Waals surface area contributed by atoms with Gasteiger partial charge in [0.25, 0.3) is 0 Å². The van der Waals surface area contributed by atoms with Crippen molar-refractivity contribution in [1.29, 1.82) is 0 Å². The Balaban J connectivity index is 1.04. The topological polar surface area (TPSA) is 0 Å². The molecule has 4 unspecified atom stereocenters. The van der Waals surface area contributed by atoms with E-state index < -0.39 is 0 Å². The van der Waals surface area contributed by atoms with E-state index in [1.807, 2.05) is 12.1 Å². The van der Waals surface area contributed by atoms with Gasteiger partial charge in [-0.1, -0.05) is 158 Å². The maximum absolute atomic E-state index is 16.8. The Morgan fingerprint density at radius 3 is 0.848 bits per heavy atom. The minimum Gasteiger partial charge on any atom is -0.206 e. The van der Waals surface area contributed by atoms with Crippen molar-refractivity contribution in [3.8, 4) is 71.0 Å². The van der Waals surface area contributed by atoms with E-state index in [2.05, 4.69) is 118 Å². The van der Waals surface area contributed by atoms with Gasteiger partial charge >= 0.3 is 0 Å². The molecule has 0 spiro atoms. The molecule has 0 saturated heterocycles. The molecule has 0 N–H and O–H groups in total. The predicted molar refractivity (Wildman–Crippen MR) is 411 cm³/mol. The lowest BCUT2D eigenvalue weighted by Gasteiger charge is -2.13. The van der Waals surface area contributed by atoms with Crippen LogP contribution >= 0.6 is 113 Å². The summed E-state index contributed by atoms with van der Waals surface area (Å²) in [5, 5.41) is 4.38. The van der Waals surface area contributed by atoms with Crippen LogP contribution in [0, 0.1) is 60.8 Å². The quantitative estimate of drug-likeness (QED) is 0.0380. The van der Waals surface area contributed by atoms with Crippen molar-refractivity contribution in [2.24, 2.45) is 23.7 Å². The zero-order chi connectivity index (χ0) is 64.5. The zero-order valence-electron chi connectivity index (χ0n) is 55.0. The summed E-state index contributed by atoms with van der Waals surface area (Å²) in [5.74, 6) is 1.24. The van der Waals surface area contributed by atoms with Crippen molar-refractivity contribution in [1.82, 2.24) is 0 Å². The number of halogens is 4. The van der Waals surface area contributed by atoms with Crippen LogP contribution in [0.25, 0.3) is 111 Å². The van der Waals surface area contributed by atoms with Crippen molar-refractivity contribution in [3.63, 3.8) is 0 Å². The molecular weight excluding hydrogens is 1330 g/mol. The van der Waals surface area contributed by atoms with Crippen molar-refractivity contribution in [3.05, 3.63) is 125 Å². The SMILES string of the molecule is CCCCC(CC)Cc1sc(-c2c3cc(-c4ccc(-c5cc6c(-c7cc(F)c(CC(CC)CCCC)s7)c7sc(-c8ccc(C)s8)cc7c(-c7cc(F)c(CC(CC)CCCC)s7)c6s5)s4)sc3c(-c3cc(F)c(CC(CC)CCCC)s3)c3cc(C)sc23)cc1F. The number of benzene rings is 2. The first-order valence-electron chi connectivity index (χ1n) is 34.0. The summed E-state index contributed by atoms with van der Waals surface area (Å²) >= 11 is 17.2. The van der Waals surface area contributed by atoms with Gasteiger partial charge in [-0.15, -0.1) is 113 Å². The van der Waals surface area contributed by atoms with Crippen LogP contribution in [-0.2, 0) is 25.7 Å². The van der Waals surface area contributed by atoms with Gasteiger partial charge in [-0.25, -0.2) is 17.6 Å². The molecule has 486 valence electrons. The monoisotopic (exact) mass is 1420 g/mol. The van der Waals surface area contributed by atoms with E-state index in [9.17, 15) is 0 Å². The van der Waals surface area contributed by atoms with Gasteiger partial charge in [0.15, 0.2) is 0 Å². The van der Waals surface area contributed by atoms with E-state index in [0.29, 0.717) is 23.7 Å². The van der Waals surface area contributed by atoms with E-state index in [4.69, 9.17) is 0 Å². The second-order valence-electron chi connectivity index (χ2n) is 25.7. The van der Waals surface area contributed by atoms with Crippen LogP contribution in [-0.4, -0.2) is 0 Å². The van der Waals surface area contributed by atoms with Crippen LogP contribution in [0.3, 0.4) is 0 Å². The number of thiophene rings is 10. The van der Waals surface area contributed by atoms with Crippen LogP contribution in [0.5, 0.6) is 0 Å². The molecule has 0 nitrogen and oxygen atoms in total. The van der Waals surface area contributed by atoms with E-state index in [1.165, 1.54) is 19.5 Å². The summed E-state index contributed by atoms with van der Waals surface area (Å²) < 4.78 is 71.3. The highest BCUT2D eigenvalue weighted by Crippen LogP contribution is 2.58. The lowest BCUT2D eigenvalue weighted by atomic mass is 9.95. The predicted octanol–water partition coefficient (Wildman–Crippen LogP) is 30.8. The normalized spacial score (nSPS) is 13.6. The highest BCUT2D eigenvalue weighted by molar-refractivity contribution is 7.31. The summed E-state index contributed by atoms with van der Waals surface area (Å²) in [6.07, 6.45) is 20.5. The summed E-state index contributed by atoms with van der Waals surface area (Å²) in [6.45, 7) is 22.2. The molecule has 12 aromatic rings. The summed E-state index contributed by atoms with van der Waals surface area (Å²) in [6, 6.07) is 25.5. The lowest BCUT2D eigenvalue weighted by Crippen LogP contribution is -2.03. The van der Waals surface area contributed by atoms with Gasteiger partial charge in [0.1, 0.15) is 23.3 Å². The minimum absolute atomic E-state index is 0.114. The Kier molecular flexibility index (Phi) is 22.5. The maximum Gasteiger partial charge on any atom is 0.137 e. The molecular formula is C78H86F4S10. The minimum atomic E-state index is -0.119. The van der Waals surface area contributed by atoms with Gasteiger partial charge in [0, 0.05) is 141 Å². The molecule has 4 atom stereocenters. The highest BCUT2D eigenvalue weighted by atomic mass is 32.1. The van der Waals surface area contributed by atoms with Gasteiger partial charge in [-0.2, -0.15) is 0 Å². The van der Waals surface area contributed by atoms with Gasteiger partial charge in [0.2, 0.25) is 0 Å². The molecule has 92 heavy (non-hydrogen) atoms. The first-order chi connectivity index (χ1) is 44.6. The smallest absolute Gasteiger partial charge is 0.137 e. The molecule has 12 rings (SSSR count). The number of hydrogen-bond donors (Lipinski definition) is 0. The molecule has 0 aliphatic carbocycles. The first kappa shape index (κ1) is 68.2. The molecule has 0 amide bonds. The second kappa shape index (κ2) is 30.3. The van der Waals surface area contributed by atoms with Crippen molar-refractivity contribution >= 4 is 154 Å². The standard InChI is InChI=1S/C78H86F4S10/c1-11-19-23-45(15-5)32-60-53(79)39-67(86-60)71-49-31-44(10)84-75(49)72(68-40-54(80)61(87-68)33-46(16-6)24-20-12-2)50-37-65(91-76(50)71)58-29-30-59(85-58)66-38-52-74(70-42-56(82)63(89-70)35-48(18-8)26-22-14-4)77-51(36-64(90-77)57-28-27-43(9)83-57)73(78(52)92-66)69-41-55(81)62(88-69)34-47(17-7)25-21-13-3/h27-31,36-42,45-48H,11-26,32-35H2,1-10H3. The largest absolute Gasteiger partial charge is 0.206 e. The fourth-order valence-electron chi connectivity index (χ4n) is 13.7. The Morgan fingerprint density at radius 2 is 0.565 bits per heavy atom. The third kappa shape index (κ3) is 14.2. The number of unbranched alkanes of at least 4 members (excludes halogenated alkanes) is 4. The van der Waals surface area contributed by atoms with Crippen molar-refractivity contribution in [2.45, 2.75) is 198 Å². The Hall–Kier alpha value is -3.80. The Morgan fingerprint density at radius 1 is 0.283 bits per heavy atom. The van der Waals surface area contributed by atoms with Crippen molar-refractivity contribution < 1.29 is 17.6 Å². The molecule has 0 aliphatic heterocycles. The first-order valence-corrected chi connectivity index (χ1v) is 42.2. The summed E-state index contributed by atoms with van der Waals surface area (Å²) in [5.41, 5.74) is 4.30. The number of aryl methyl sites for hydroxylation is 2. The van der Waals surface area contributed by atoms with Gasteiger partial charge in [-0.3, -0.25) is 0 Å². The molecule has 0 bridgehead atoms. The van der Waals surface area contributed by atoms with Gasteiger partial charge in [0.05, 0.1) is 0 Å². The van der Waals surface area contributed by atoms with Crippen molar-refractivity contribution in [2.75, 3.05) is 0 Å². The fourth-order valence-corrected chi connectivity index (χ4v) is 25.7. The molecule has 0 fully saturated rings. The summed E-state index contributed by atoms with van der Waals surface area (Å²) in [7, 11) is 0.